The van der Waals surface area contributed by atoms with Crippen LogP contribution in [-0.4, -0.2) is 25.2 Å². The molecule has 0 heterocycles. The Morgan fingerprint density at radius 3 is 1.61 bits per heavy atom. The number of esters is 2. The van der Waals surface area contributed by atoms with Gasteiger partial charge in [-0.05, 0) is 79.2 Å². The first-order chi connectivity index (χ1) is 16.0. The van der Waals surface area contributed by atoms with E-state index in [1.807, 2.05) is 0 Å². The maximum atomic E-state index is 12.5. The van der Waals surface area contributed by atoms with Crippen molar-refractivity contribution in [3.8, 4) is 23.0 Å². The third kappa shape index (κ3) is 6.58. The minimum Gasteiger partial charge on any atom is -0.490 e. The molecule has 0 saturated carbocycles. The third-order valence-electron chi connectivity index (χ3n) is 4.48. The number of carbonyl (C=O) groups excluding carboxylic acids is 2. The van der Waals surface area contributed by atoms with Crippen molar-refractivity contribution in [3.63, 3.8) is 0 Å². The highest BCUT2D eigenvalue weighted by Gasteiger charge is 2.13. The maximum Gasteiger partial charge on any atom is 0.343 e. The molecular weight excluding hydrogens is 420 g/mol. The third-order valence-corrected chi connectivity index (χ3v) is 4.48. The van der Waals surface area contributed by atoms with E-state index in [0.29, 0.717) is 52.9 Å². The number of rotatable bonds is 10. The fourth-order valence-corrected chi connectivity index (χ4v) is 2.81. The zero-order chi connectivity index (χ0) is 23.6. The lowest BCUT2D eigenvalue weighted by Crippen LogP contribution is -2.10. The van der Waals surface area contributed by atoms with Crippen LogP contribution in [0.2, 0.25) is 0 Å². The van der Waals surface area contributed by atoms with Crippen LogP contribution in [0.1, 0.15) is 26.3 Å². The van der Waals surface area contributed by atoms with E-state index in [9.17, 15) is 9.59 Å². The van der Waals surface area contributed by atoms with Gasteiger partial charge in [0.05, 0.1) is 11.1 Å². The molecule has 6 heteroatoms. The van der Waals surface area contributed by atoms with Gasteiger partial charge in [0.1, 0.15) is 36.2 Å². The van der Waals surface area contributed by atoms with E-state index in [-0.39, 0.29) is 0 Å². The largest absolute Gasteiger partial charge is 0.490 e. The van der Waals surface area contributed by atoms with Crippen LogP contribution in [0.3, 0.4) is 0 Å². The van der Waals surface area contributed by atoms with Crippen LogP contribution in [0.5, 0.6) is 23.0 Å². The van der Waals surface area contributed by atoms with Gasteiger partial charge < -0.3 is 18.9 Å². The van der Waals surface area contributed by atoms with Crippen molar-refractivity contribution >= 4 is 11.9 Å². The molecule has 3 aromatic rings. The summed E-state index contributed by atoms with van der Waals surface area (Å²) in [6.07, 6.45) is 3.28. The molecule has 0 radical (unpaired) electrons. The van der Waals surface area contributed by atoms with Gasteiger partial charge in [-0.3, -0.25) is 0 Å². The van der Waals surface area contributed by atoms with Gasteiger partial charge in [-0.1, -0.05) is 25.3 Å². The van der Waals surface area contributed by atoms with Crippen molar-refractivity contribution in [1.82, 2.24) is 0 Å². The first-order valence-corrected chi connectivity index (χ1v) is 10.2. The zero-order valence-corrected chi connectivity index (χ0v) is 18.3. The van der Waals surface area contributed by atoms with Gasteiger partial charge in [0.15, 0.2) is 0 Å². The van der Waals surface area contributed by atoms with Crippen molar-refractivity contribution in [3.05, 3.63) is 109 Å². The molecule has 6 nitrogen and oxygen atoms in total. The van der Waals surface area contributed by atoms with Crippen LogP contribution in [0.4, 0.5) is 0 Å². The molecule has 0 aliphatic rings. The highest BCUT2D eigenvalue weighted by atomic mass is 16.5. The highest BCUT2D eigenvalue weighted by Crippen LogP contribution is 2.25. The van der Waals surface area contributed by atoms with Gasteiger partial charge in [0.25, 0.3) is 0 Å². The summed E-state index contributed by atoms with van der Waals surface area (Å²) in [6.45, 7) is 9.71. The second-order valence-corrected chi connectivity index (χ2v) is 6.95. The van der Waals surface area contributed by atoms with Crippen molar-refractivity contribution in [2.45, 2.75) is 6.92 Å². The normalized spacial score (nSPS) is 10.1. The SMILES string of the molecule is C=CCOc1ccc(C(=O)Oc2ccc(OC(=O)c3ccc(OCC=C)cc3)c(C)c2)cc1. The molecule has 168 valence electrons. The molecule has 3 aromatic carbocycles. The average Bonchev–Trinajstić information content (AvgIpc) is 2.83. The number of benzene rings is 3. The Morgan fingerprint density at radius 1 is 0.697 bits per heavy atom. The fraction of sp³-hybridized carbons (Fsp3) is 0.111. The van der Waals surface area contributed by atoms with Crippen LogP contribution >= 0.6 is 0 Å². The van der Waals surface area contributed by atoms with E-state index >= 15 is 0 Å². The first kappa shape index (κ1) is 23.3. The minimum atomic E-state index is -0.506. The van der Waals surface area contributed by atoms with E-state index < -0.39 is 11.9 Å². The maximum absolute atomic E-state index is 12.5. The summed E-state index contributed by atoms with van der Waals surface area (Å²) >= 11 is 0. The number of ether oxygens (including phenoxy) is 4. The zero-order valence-electron chi connectivity index (χ0n) is 18.3. The van der Waals surface area contributed by atoms with Crippen molar-refractivity contribution in [2.24, 2.45) is 0 Å². The average molecular weight is 444 g/mol. The lowest BCUT2D eigenvalue weighted by molar-refractivity contribution is 0.0718. The van der Waals surface area contributed by atoms with Crippen LogP contribution in [0.25, 0.3) is 0 Å². The Balaban J connectivity index is 1.61. The lowest BCUT2D eigenvalue weighted by atomic mass is 10.2. The van der Waals surface area contributed by atoms with Gasteiger partial charge >= 0.3 is 11.9 Å². The van der Waals surface area contributed by atoms with Crippen LogP contribution in [0, 0.1) is 6.92 Å². The van der Waals surface area contributed by atoms with E-state index in [0.717, 1.165) is 0 Å². The molecule has 0 spiro atoms. The Hall–Kier alpha value is -4.32. The lowest BCUT2D eigenvalue weighted by Gasteiger charge is -2.10. The van der Waals surface area contributed by atoms with Crippen LogP contribution < -0.4 is 18.9 Å². The summed E-state index contributed by atoms with van der Waals surface area (Å²) in [4.78, 5) is 24.9. The monoisotopic (exact) mass is 444 g/mol. The minimum absolute atomic E-state index is 0.341. The van der Waals surface area contributed by atoms with Crippen LogP contribution in [-0.2, 0) is 0 Å². The number of carbonyl (C=O) groups is 2. The molecule has 3 rings (SSSR count). The van der Waals surface area contributed by atoms with E-state index in [1.54, 1.807) is 85.8 Å². The Morgan fingerprint density at radius 2 is 1.15 bits per heavy atom. The summed E-state index contributed by atoms with van der Waals surface area (Å²) in [5, 5.41) is 0. The van der Waals surface area contributed by atoms with Gasteiger partial charge in [-0.25, -0.2) is 9.59 Å². The molecule has 0 amide bonds. The smallest absolute Gasteiger partial charge is 0.343 e. The second-order valence-electron chi connectivity index (χ2n) is 6.95. The predicted octanol–water partition coefficient (Wildman–Crippen LogP) is 5.56. The molecule has 0 aliphatic carbocycles. The van der Waals surface area contributed by atoms with E-state index in [1.165, 1.54) is 0 Å². The molecule has 0 unspecified atom stereocenters. The van der Waals surface area contributed by atoms with E-state index in [2.05, 4.69) is 13.2 Å². The Labute approximate surface area is 192 Å². The number of hydrogen-bond donors (Lipinski definition) is 0. The topological polar surface area (TPSA) is 71.1 Å². The Bertz CT molecular complexity index is 1130. The molecular formula is C27H24O6. The quantitative estimate of drug-likeness (QED) is 0.232. The first-order valence-electron chi connectivity index (χ1n) is 10.2. The molecule has 0 N–H and O–H groups in total. The summed E-state index contributed by atoms with van der Waals surface area (Å²) in [6, 6.07) is 18.0. The van der Waals surface area contributed by atoms with Crippen molar-refractivity contribution < 1.29 is 28.5 Å². The number of hydrogen-bond acceptors (Lipinski definition) is 6. The highest BCUT2D eigenvalue weighted by molar-refractivity contribution is 5.92. The summed E-state index contributed by atoms with van der Waals surface area (Å²) in [5.41, 5.74) is 1.42. The van der Waals surface area contributed by atoms with Gasteiger partial charge in [0.2, 0.25) is 0 Å². The standard InChI is InChI=1S/C27H24O6/c1-4-16-30-22-10-6-20(7-11-22)26(28)32-24-14-15-25(19(3)18-24)33-27(29)21-8-12-23(13-9-21)31-17-5-2/h4-15,18H,1-2,16-17H2,3H3. The summed E-state index contributed by atoms with van der Waals surface area (Å²) < 4.78 is 21.7. The van der Waals surface area contributed by atoms with Gasteiger partial charge in [-0.2, -0.15) is 0 Å². The molecule has 33 heavy (non-hydrogen) atoms. The van der Waals surface area contributed by atoms with E-state index in [4.69, 9.17) is 18.9 Å². The van der Waals surface area contributed by atoms with Crippen molar-refractivity contribution in [1.29, 1.82) is 0 Å². The summed E-state index contributed by atoms with van der Waals surface area (Å²) in [7, 11) is 0. The molecule has 0 saturated heterocycles. The predicted molar refractivity (Wildman–Crippen MR) is 125 cm³/mol. The molecule has 0 fully saturated rings. The molecule has 0 bridgehead atoms. The summed E-state index contributed by atoms with van der Waals surface area (Å²) in [5.74, 6) is 0.966. The Kier molecular flexibility index (Phi) is 8.02. The molecule has 0 aromatic heterocycles. The fourth-order valence-electron chi connectivity index (χ4n) is 2.81. The number of aryl methyl sites for hydroxylation is 1. The second kappa shape index (κ2) is 11.3. The molecule has 0 aliphatic heterocycles. The molecule has 0 atom stereocenters. The van der Waals surface area contributed by atoms with Crippen LogP contribution in [0.15, 0.2) is 92.0 Å². The van der Waals surface area contributed by atoms with Gasteiger partial charge in [0, 0.05) is 0 Å². The van der Waals surface area contributed by atoms with Crippen molar-refractivity contribution in [2.75, 3.05) is 13.2 Å². The van der Waals surface area contributed by atoms with Gasteiger partial charge in [-0.15, -0.1) is 0 Å².